The minimum absolute atomic E-state index is 0.0549. The van der Waals surface area contributed by atoms with Crippen molar-refractivity contribution in [1.82, 2.24) is 34.9 Å². The number of rotatable bonds is 8. The number of halogens is 1. The second-order valence-corrected chi connectivity index (χ2v) is 15.1. The number of aryl methyl sites for hydroxylation is 1. The third-order valence-electron chi connectivity index (χ3n) is 10.6. The lowest BCUT2D eigenvalue weighted by atomic mass is 9.89. The van der Waals surface area contributed by atoms with Crippen LogP contribution >= 0.6 is 22.9 Å². The summed E-state index contributed by atoms with van der Waals surface area (Å²) in [7, 11) is 1.91. The van der Waals surface area contributed by atoms with Crippen LogP contribution in [-0.2, 0) is 19.4 Å². The highest BCUT2D eigenvalue weighted by molar-refractivity contribution is 7.19. The Hall–Kier alpha value is -4.58. The van der Waals surface area contributed by atoms with Gasteiger partial charge in [0.05, 0.1) is 38.2 Å². The zero-order chi connectivity index (χ0) is 34.9. The quantitative estimate of drug-likeness (QED) is 0.171. The summed E-state index contributed by atoms with van der Waals surface area (Å²) in [6.45, 7) is 2.84. The Bertz CT molecular complexity index is 2030. The maximum absolute atomic E-state index is 13.8. The maximum Gasteiger partial charge on any atom is 0.321 e. The van der Waals surface area contributed by atoms with Gasteiger partial charge in [0.25, 0.3) is 5.91 Å². The van der Waals surface area contributed by atoms with Gasteiger partial charge in [-0.2, -0.15) is 5.10 Å². The number of aromatic nitrogens is 4. The first-order valence-corrected chi connectivity index (χ1v) is 19.0. The van der Waals surface area contributed by atoms with E-state index in [0.29, 0.717) is 34.7 Å². The second-order valence-electron chi connectivity index (χ2n) is 13.7. The second kappa shape index (κ2) is 14.6. The number of anilines is 1. The highest BCUT2D eigenvalue weighted by Crippen LogP contribution is 2.44. The molecule has 262 valence electrons. The van der Waals surface area contributed by atoms with E-state index in [-0.39, 0.29) is 18.0 Å². The molecule has 1 saturated carbocycles. The van der Waals surface area contributed by atoms with Crippen LogP contribution in [0.1, 0.15) is 65.7 Å². The van der Waals surface area contributed by atoms with Crippen molar-refractivity contribution in [2.45, 2.75) is 70.0 Å². The molecule has 3 amide bonds. The van der Waals surface area contributed by atoms with E-state index in [1.54, 1.807) is 6.20 Å². The summed E-state index contributed by atoms with van der Waals surface area (Å²) >= 11 is 8.37. The van der Waals surface area contributed by atoms with Crippen molar-refractivity contribution in [3.63, 3.8) is 0 Å². The molecule has 2 aliphatic carbocycles. The molecule has 1 saturated heterocycles. The van der Waals surface area contributed by atoms with Gasteiger partial charge < -0.3 is 15.1 Å². The van der Waals surface area contributed by atoms with Gasteiger partial charge in [0.2, 0.25) is 0 Å². The lowest BCUT2D eigenvalue weighted by Gasteiger charge is -2.38. The highest BCUT2D eigenvalue weighted by atomic mass is 35.5. The smallest absolute Gasteiger partial charge is 0.321 e. The van der Waals surface area contributed by atoms with Gasteiger partial charge in [0.1, 0.15) is 0 Å². The number of likely N-dealkylation sites (tertiary alicyclic amines) is 1. The normalized spacial score (nSPS) is 18.5. The van der Waals surface area contributed by atoms with E-state index in [9.17, 15) is 9.59 Å². The summed E-state index contributed by atoms with van der Waals surface area (Å²) in [4.78, 5) is 41.3. The average Bonchev–Trinajstić information content (AvgIpc) is 3.93. The molecular formula is C39H41ClN8O2S. The summed E-state index contributed by atoms with van der Waals surface area (Å²) in [5, 5.41) is 11.9. The van der Waals surface area contributed by atoms with Gasteiger partial charge in [-0.25, -0.2) is 14.5 Å². The summed E-state index contributed by atoms with van der Waals surface area (Å²) in [6.07, 6.45) is 11.9. The van der Waals surface area contributed by atoms with E-state index in [0.717, 1.165) is 76.4 Å². The molecular weight excluding hydrogens is 680 g/mol. The number of nitrogens with zero attached hydrogens (tertiary/aromatic N) is 6. The molecule has 4 heterocycles. The van der Waals surface area contributed by atoms with E-state index in [4.69, 9.17) is 21.7 Å². The minimum atomic E-state index is -0.314. The number of carbonyl (C=O) groups is 2. The van der Waals surface area contributed by atoms with Gasteiger partial charge in [-0.1, -0.05) is 53.3 Å². The van der Waals surface area contributed by atoms with Crippen LogP contribution < -0.4 is 10.6 Å². The summed E-state index contributed by atoms with van der Waals surface area (Å²) in [5.74, 6) is -0.0549. The van der Waals surface area contributed by atoms with Gasteiger partial charge in [0, 0.05) is 49.2 Å². The van der Waals surface area contributed by atoms with E-state index in [2.05, 4.69) is 20.5 Å². The number of pyridine rings is 1. The van der Waals surface area contributed by atoms with E-state index in [1.165, 1.54) is 37.3 Å². The van der Waals surface area contributed by atoms with Gasteiger partial charge >= 0.3 is 6.03 Å². The van der Waals surface area contributed by atoms with E-state index >= 15 is 0 Å². The molecule has 3 aliphatic rings. The topological polar surface area (TPSA) is 108 Å². The molecule has 2 aromatic carbocycles. The van der Waals surface area contributed by atoms with Crippen molar-refractivity contribution < 1.29 is 9.59 Å². The van der Waals surface area contributed by atoms with Gasteiger partial charge in [-0.15, -0.1) is 0 Å². The zero-order valence-electron chi connectivity index (χ0n) is 28.6. The first-order chi connectivity index (χ1) is 24.9. The largest absolute Gasteiger partial charge is 0.339 e. The van der Waals surface area contributed by atoms with Gasteiger partial charge in [0.15, 0.2) is 5.13 Å². The number of hydrogen-bond donors (Lipinski definition) is 2. The van der Waals surface area contributed by atoms with Crippen LogP contribution in [0.25, 0.3) is 27.5 Å². The molecule has 2 fully saturated rings. The van der Waals surface area contributed by atoms with Crippen LogP contribution in [-0.4, -0.2) is 73.7 Å². The fourth-order valence-electron chi connectivity index (χ4n) is 7.85. The van der Waals surface area contributed by atoms with Crippen LogP contribution in [0.15, 0.2) is 73.1 Å². The molecule has 10 nitrogen and oxygen atoms in total. The Morgan fingerprint density at radius 3 is 2.55 bits per heavy atom. The Morgan fingerprint density at radius 1 is 1.00 bits per heavy atom. The van der Waals surface area contributed by atoms with Crippen molar-refractivity contribution in [3.05, 3.63) is 100 Å². The van der Waals surface area contributed by atoms with Crippen molar-refractivity contribution in [2.24, 2.45) is 0 Å². The number of amides is 3. The van der Waals surface area contributed by atoms with Crippen LogP contribution in [0.3, 0.4) is 0 Å². The van der Waals surface area contributed by atoms with Crippen LogP contribution in [0.5, 0.6) is 0 Å². The predicted octanol–water partition coefficient (Wildman–Crippen LogP) is 7.61. The van der Waals surface area contributed by atoms with Gasteiger partial charge in [-0.3, -0.25) is 15.1 Å². The average molecular weight is 721 g/mol. The Morgan fingerprint density at radius 2 is 1.80 bits per heavy atom. The van der Waals surface area contributed by atoms with Crippen LogP contribution in [0, 0.1) is 0 Å². The van der Waals surface area contributed by atoms with E-state index in [1.807, 2.05) is 83.5 Å². The van der Waals surface area contributed by atoms with Crippen molar-refractivity contribution in [3.8, 4) is 27.5 Å². The summed E-state index contributed by atoms with van der Waals surface area (Å²) < 4.78 is 1.90. The highest BCUT2D eigenvalue weighted by Gasteiger charge is 2.33. The molecule has 0 atom stereocenters. The Labute approximate surface area is 306 Å². The lowest BCUT2D eigenvalue weighted by Crippen LogP contribution is -2.44. The number of thiazole rings is 1. The molecule has 12 heteroatoms. The fraction of sp³-hybridized carbons (Fsp3) is 0.359. The SMILES string of the molecule is CN(C(=O)c1ccc(-n2nc(-c3cccnc3)c3c2-c2sc(NC(=O)NCc4ccccc4)nc2CC3)cc1Cl)C1CCC(N2CCCC2)CC1. The van der Waals surface area contributed by atoms with Crippen molar-refractivity contribution in [1.29, 1.82) is 0 Å². The third kappa shape index (κ3) is 6.90. The molecule has 8 rings (SSSR count). The number of hydrogen-bond acceptors (Lipinski definition) is 7. The predicted molar refractivity (Wildman–Crippen MR) is 202 cm³/mol. The summed E-state index contributed by atoms with van der Waals surface area (Å²) in [5.41, 5.74) is 6.90. The van der Waals surface area contributed by atoms with Crippen LogP contribution in [0.4, 0.5) is 9.93 Å². The molecule has 5 aromatic rings. The number of benzene rings is 2. The fourth-order valence-corrected chi connectivity index (χ4v) is 9.17. The molecule has 0 radical (unpaired) electrons. The molecule has 3 aromatic heterocycles. The van der Waals surface area contributed by atoms with E-state index < -0.39 is 0 Å². The molecule has 0 unspecified atom stereocenters. The monoisotopic (exact) mass is 720 g/mol. The number of urea groups is 1. The van der Waals surface area contributed by atoms with Crippen molar-refractivity contribution in [2.75, 3.05) is 25.5 Å². The molecule has 0 spiro atoms. The number of carbonyl (C=O) groups excluding carboxylic acids is 2. The Balaban J connectivity index is 1.05. The Kier molecular flexibility index (Phi) is 9.59. The maximum atomic E-state index is 13.8. The standard InChI is InChI=1S/C39H41ClN8O2S/c1-46(27-11-13-28(14-12-27)47-20-5-6-21-47)37(49)30-16-15-29(22-32(30)40)48-35-31(34(45-48)26-10-7-19-41-24-26)17-18-33-36(35)51-39(43-33)44-38(50)42-23-25-8-3-2-4-9-25/h2-4,7-10,15-16,19,22,24,27-28H,5-6,11-14,17-18,20-21,23H2,1H3,(H2,42,43,44,50). The molecule has 1 aliphatic heterocycles. The van der Waals surface area contributed by atoms with Crippen molar-refractivity contribution >= 4 is 40.0 Å². The third-order valence-corrected chi connectivity index (χ3v) is 11.9. The number of fused-ring (bicyclic) bond motifs is 3. The molecule has 51 heavy (non-hydrogen) atoms. The first-order valence-electron chi connectivity index (χ1n) is 17.8. The summed E-state index contributed by atoms with van der Waals surface area (Å²) in [6, 6.07) is 19.8. The molecule has 0 bridgehead atoms. The van der Waals surface area contributed by atoms with Crippen LogP contribution in [0.2, 0.25) is 5.02 Å². The number of nitrogens with one attached hydrogen (secondary N) is 2. The van der Waals surface area contributed by atoms with Gasteiger partial charge in [-0.05, 0) is 100 Å². The molecule has 2 N–H and O–H groups in total. The first kappa shape index (κ1) is 33.6. The minimum Gasteiger partial charge on any atom is -0.339 e. The lowest BCUT2D eigenvalue weighted by molar-refractivity contribution is 0.0646. The zero-order valence-corrected chi connectivity index (χ0v) is 30.2.